The van der Waals surface area contributed by atoms with Gasteiger partial charge in [0.25, 0.3) is 0 Å². The summed E-state index contributed by atoms with van der Waals surface area (Å²) in [4.78, 5) is 21.2. The van der Waals surface area contributed by atoms with Crippen LogP contribution in [0.15, 0.2) is 0 Å². The van der Waals surface area contributed by atoms with Gasteiger partial charge < -0.3 is 11.1 Å². The molecule has 0 bridgehead atoms. The van der Waals surface area contributed by atoms with Crippen molar-refractivity contribution in [2.75, 3.05) is 13.1 Å². The van der Waals surface area contributed by atoms with Crippen molar-refractivity contribution in [3.63, 3.8) is 0 Å². The van der Waals surface area contributed by atoms with Crippen molar-refractivity contribution < 1.29 is 9.59 Å². The number of urea groups is 1. The lowest BCUT2D eigenvalue weighted by molar-refractivity contribution is -0.119. The molecule has 0 radical (unpaired) electrons. The van der Waals surface area contributed by atoms with E-state index in [1.165, 1.54) is 0 Å². The first kappa shape index (κ1) is 12.9. The fraction of sp³-hybridized carbons (Fsp3) is 0.778. The molecule has 0 aromatic carbocycles. The van der Waals surface area contributed by atoms with Gasteiger partial charge in [-0.2, -0.15) is 0 Å². The van der Waals surface area contributed by atoms with E-state index in [0.29, 0.717) is 0 Å². The van der Waals surface area contributed by atoms with Crippen molar-refractivity contribution in [2.24, 2.45) is 11.1 Å². The van der Waals surface area contributed by atoms with E-state index in [4.69, 9.17) is 5.73 Å². The van der Waals surface area contributed by atoms with Crippen molar-refractivity contribution in [3.8, 4) is 0 Å². The van der Waals surface area contributed by atoms with Crippen LogP contribution < -0.4 is 16.4 Å². The second-order valence-corrected chi connectivity index (χ2v) is 4.03. The van der Waals surface area contributed by atoms with Gasteiger partial charge in [0.15, 0.2) is 0 Å². The first-order valence-electron chi connectivity index (χ1n) is 4.67. The molecule has 0 aliphatic carbocycles. The second-order valence-electron chi connectivity index (χ2n) is 4.03. The molecule has 0 aromatic heterocycles. The van der Waals surface area contributed by atoms with Crippen molar-refractivity contribution in [2.45, 2.75) is 27.2 Å². The molecule has 3 amide bonds. The Labute approximate surface area is 84.4 Å². The topological polar surface area (TPSA) is 84.2 Å². The number of primary amides is 1. The second kappa shape index (κ2) is 5.59. The zero-order chi connectivity index (χ0) is 11.2. The summed E-state index contributed by atoms with van der Waals surface area (Å²) in [5.74, 6) is -0.399. The van der Waals surface area contributed by atoms with Crippen LogP contribution in [0.2, 0.25) is 0 Å². The van der Waals surface area contributed by atoms with Crippen LogP contribution in [-0.4, -0.2) is 25.0 Å². The van der Waals surface area contributed by atoms with Crippen molar-refractivity contribution in [3.05, 3.63) is 0 Å². The summed E-state index contributed by atoms with van der Waals surface area (Å²) in [5, 5.41) is 4.95. The summed E-state index contributed by atoms with van der Waals surface area (Å²) >= 11 is 0. The van der Waals surface area contributed by atoms with Crippen LogP contribution in [0.3, 0.4) is 0 Å². The minimum atomic E-state index is -0.813. The summed E-state index contributed by atoms with van der Waals surface area (Å²) in [6, 6.07) is -0.813. The zero-order valence-electron chi connectivity index (χ0n) is 9.02. The van der Waals surface area contributed by atoms with Crippen LogP contribution in [0.25, 0.3) is 0 Å². The summed E-state index contributed by atoms with van der Waals surface area (Å²) in [6.45, 7) is 7.14. The minimum absolute atomic E-state index is 0.117. The fourth-order valence-electron chi connectivity index (χ4n) is 0.821. The lowest BCUT2D eigenvalue weighted by Gasteiger charge is -2.22. The van der Waals surface area contributed by atoms with Gasteiger partial charge >= 0.3 is 6.03 Å². The highest BCUT2D eigenvalue weighted by Crippen LogP contribution is 2.17. The summed E-state index contributed by atoms with van der Waals surface area (Å²) in [7, 11) is 0. The number of imide groups is 1. The van der Waals surface area contributed by atoms with E-state index in [9.17, 15) is 9.59 Å². The molecule has 82 valence electrons. The Kier molecular flexibility index (Phi) is 5.15. The van der Waals surface area contributed by atoms with Crippen LogP contribution in [0.1, 0.15) is 27.2 Å². The minimum Gasteiger partial charge on any atom is -0.351 e. The standard InChI is InChI=1S/C9H19N3O2/c1-4-9(2,3)6-11-5-7(13)12-8(10)14/h11H,4-6H2,1-3H3,(H3,10,12,13,14). The van der Waals surface area contributed by atoms with E-state index in [1.807, 2.05) is 5.32 Å². The normalized spacial score (nSPS) is 11.1. The van der Waals surface area contributed by atoms with Crippen LogP contribution in [0, 0.1) is 5.41 Å². The van der Waals surface area contributed by atoms with Gasteiger partial charge in [0.05, 0.1) is 6.54 Å². The Bertz CT molecular complexity index is 214. The van der Waals surface area contributed by atoms with E-state index in [0.717, 1.165) is 13.0 Å². The Morgan fingerprint density at radius 2 is 1.93 bits per heavy atom. The predicted octanol–water partition coefficient (Wildman–Crippen LogP) is 0.207. The fourth-order valence-corrected chi connectivity index (χ4v) is 0.821. The molecule has 0 aliphatic rings. The van der Waals surface area contributed by atoms with Gasteiger partial charge in [-0.25, -0.2) is 4.79 Å². The Hall–Kier alpha value is -1.10. The molecule has 0 heterocycles. The summed E-state index contributed by atoms with van der Waals surface area (Å²) < 4.78 is 0. The van der Waals surface area contributed by atoms with E-state index < -0.39 is 11.9 Å². The van der Waals surface area contributed by atoms with Crippen LogP contribution in [0.4, 0.5) is 4.79 Å². The predicted molar refractivity (Wildman–Crippen MR) is 54.7 cm³/mol. The maximum atomic E-state index is 11.0. The summed E-state index contributed by atoms with van der Waals surface area (Å²) in [5.41, 5.74) is 4.94. The molecule has 14 heavy (non-hydrogen) atoms. The van der Waals surface area contributed by atoms with Crippen molar-refractivity contribution in [1.82, 2.24) is 10.6 Å². The third kappa shape index (κ3) is 6.42. The Morgan fingerprint density at radius 1 is 1.36 bits per heavy atom. The first-order chi connectivity index (χ1) is 6.37. The van der Waals surface area contributed by atoms with E-state index in [2.05, 4.69) is 26.1 Å². The van der Waals surface area contributed by atoms with Gasteiger partial charge in [-0.15, -0.1) is 0 Å². The highest BCUT2D eigenvalue weighted by molar-refractivity contribution is 5.94. The quantitative estimate of drug-likeness (QED) is 0.594. The molecule has 0 saturated carbocycles. The molecule has 5 heteroatoms. The summed E-state index contributed by atoms with van der Waals surface area (Å²) in [6.07, 6.45) is 1.03. The molecule has 0 aromatic rings. The average molecular weight is 201 g/mol. The number of nitrogens with two attached hydrogens (primary N) is 1. The van der Waals surface area contributed by atoms with Gasteiger partial charge in [0.2, 0.25) is 5.91 Å². The molecule has 5 nitrogen and oxygen atoms in total. The number of carbonyl (C=O) groups is 2. The SMILES string of the molecule is CCC(C)(C)CNCC(=O)NC(N)=O. The number of rotatable bonds is 5. The average Bonchev–Trinajstić information content (AvgIpc) is 2.02. The molecule has 0 rings (SSSR count). The van der Waals surface area contributed by atoms with Gasteiger partial charge in [-0.1, -0.05) is 20.8 Å². The molecule has 0 aliphatic heterocycles. The smallest absolute Gasteiger partial charge is 0.318 e. The van der Waals surface area contributed by atoms with Gasteiger partial charge in [-0.3, -0.25) is 10.1 Å². The maximum Gasteiger partial charge on any atom is 0.318 e. The van der Waals surface area contributed by atoms with E-state index in [1.54, 1.807) is 0 Å². The largest absolute Gasteiger partial charge is 0.351 e. The van der Waals surface area contributed by atoms with E-state index >= 15 is 0 Å². The van der Waals surface area contributed by atoms with Crippen molar-refractivity contribution >= 4 is 11.9 Å². The van der Waals surface area contributed by atoms with Gasteiger partial charge in [0, 0.05) is 6.54 Å². The Balaban J connectivity index is 3.64. The van der Waals surface area contributed by atoms with Gasteiger partial charge in [0.1, 0.15) is 0 Å². The monoisotopic (exact) mass is 201 g/mol. The molecule has 0 unspecified atom stereocenters. The lowest BCUT2D eigenvalue weighted by Crippen LogP contribution is -2.42. The molecular formula is C9H19N3O2. The van der Waals surface area contributed by atoms with Crippen molar-refractivity contribution in [1.29, 1.82) is 0 Å². The molecule has 0 fully saturated rings. The molecule has 0 saturated heterocycles. The maximum absolute atomic E-state index is 11.0. The van der Waals surface area contributed by atoms with Crippen LogP contribution in [0.5, 0.6) is 0 Å². The van der Waals surface area contributed by atoms with Gasteiger partial charge in [-0.05, 0) is 11.8 Å². The molecule has 0 spiro atoms. The number of nitrogens with one attached hydrogen (secondary N) is 2. The number of hydrogen-bond donors (Lipinski definition) is 3. The molecule has 4 N–H and O–H groups in total. The highest BCUT2D eigenvalue weighted by Gasteiger charge is 2.14. The number of amides is 3. The highest BCUT2D eigenvalue weighted by atomic mass is 16.2. The van der Waals surface area contributed by atoms with Crippen LogP contribution >= 0.6 is 0 Å². The third-order valence-electron chi connectivity index (χ3n) is 2.11. The molecule has 0 atom stereocenters. The Morgan fingerprint density at radius 3 is 2.36 bits per heavy atom. The first-order valence-corrected chi connectivity index (χ1v) is 4.67. The van der Waals surface area contributed by atoms with Crippen LogP contribution in [-0.2, 0) is 4.79 Å². The zero-order valence-corrected chi connectivity index (χ0v) is 9.02. The third-order valence-corrected chi connectivity index (χ3v) is 2.11. The van der Waals surface area contributed by atoms with E-state index in [-0.39, 0.29) is 12.0 Å². The molecular weight excluding hydrogens is 182 g/mol. The lowest BCUT2D eigenvalue weighted by atomic mass is 9.90. The number of hydrogen-bond acceptors (Lipinski definition) is 3. The number of carbonyl (C=O) groups excluding carboxylic acids is 2.